The topological polar surface area (TPSA) is 77.1 Å². The lowest BCUT2D eigenvalue weighted by Crippen LogP contribution is -2.54. The highest BCUT2D eigenvalue weighted by atomic mass is 32.1. The summed E-state index contributed by atoms with van der Waals surface area (Å²) in [6.07, 6.45) is 1.44. The van der Waals surface area contributed by atoms with Crippen molar-refractivity contribution >= 4 is 40.9 Å². The number of hydrogen-bond donors (Lipinski definition) is 1. The summed E-state index contributed by atoms with van der Waals surface area (Å²) < 4.78 is 16.0. The van der Waals surface area contributed by atoms with E-state index in [-0.39, 0.29) is 10.7 Å². The lowest BCUT2D eigenvalue weighted by molar-refractivity contribution is -0.122. The highest BCUT2D eigenvalue weighted by Crippen LogP contribution is 2.40. The Kier molecular flexibility index (Phi) is 5.60. The van der Waals surface area contributed by atoms with Crippen LogP contribution in [0.15, 0.2) is 48.0 Å². The van der Waals surface area contributed by atoms with Gasteiger partial charge in [-0.05, 0) is 42.6 Å². The van der Waals surface area contributed by atoms with Crippen molar-refractivity contribution < 1.29 is 23.8 Å². The maximum absolute atomic E-state index is 13.0. The minimum atomic E-state index is -0.584. The molecule has 0 spiro atoms. The maximum atomic E-state index is 13.0. The number of ether oxygens (including phenoxy) is 3. The van der Waals surface area contributed by atoms with Gasteiger partial charge in [0.2, 0.25) is 5.75 Å². The van der Waals surface area contributed by atoms with Crippen LogP contribution in [0.3, 0.4) is 0 Å². The highest BCUT2D eigenvalue weighted by molar-refractivity contribution is 7.80. The fraction of sp³-hybridized carbons (Fsp3) is 0.150. The molecule has 0 aromatic heterocycles. The molecule has 0 atom stereocenters. The average Bonchev–Trinajstić information content (AvgIpc) is 2.70. The minimum Gasteiger partial charge on any atom is -0.493 e. The standard InChI is InChI=1S/C20H18N2O5S/c1-25-15-10-9-12(16(26-2)17(15)27-3)11-14-18(23)21-20(28)22(19(14)24)13-7-5-4-6-8-13/h4-11H,1-3H3,(H,21,23,28)/b14-11-. The quantitative estimate of drug-likeness (QED) is 0.474. The second-order valence-corrected chi connectivity index (χ2v) is 6.10. The van der Waals surface area contributed by atoms with Gasteiger partial charge in [0.15, 0.2) is 16.6 Å². The van der Waals surface area contributed by atoms with Crippen molar-refractivity contribution in [2.45, 2.75) is 0 Å². The van der Waals surface area contributed by atoms with Crippen LogP contribution in [-0.4, -0.2) is 38.3 Å². The third-order valence-corrected chi connectivity index (χ3v) is 4.44. The number of nitrogens with zero attached hydrogens (tertiary/aromatic N) is 1. The van der Waals surface area contributed by atoms with Crippen LogP contribution in [0.25, 0.3) is 6.08 Å². The van der Waals surface area contributed by atoms with E-state index in [2.05, 4.69) is 5.32 Å². The van der Waals surface area contributed by atoms with Crippen LogP contribution in [0.2, 0.25) is 0 Å². The Balaban J connectivity index is 2.09. The van der Waals surface area contributed by atoms with Crippen molar-refractivity contribution in [2.75, 3.05) is 26.2 Å². The van der Waals surface area contributed by atoms with Crippen LogP contribution in [0, 0.1) is 0 Å². The molecule has 7 nitrogen and oxygen atoms in total. The summed E-state index contributed by atoms with van der Waals surface area (Å²) in [7, 11) is 4.45. The number of methoxy groups -OCH3 is 3. The molecule has 0 bridgehead atoms. The molecule has 0 radical (unpaired) electrons. The molecular formula is C20H18N2O5S. The Morgan fingerprint density at radius 3 is 2.21 bits per heavy atom. The summed E-state index contributed by atoms with van der Waals surface area (Å²) >= 11 is 5.19. The smallest absolute Gasteiger partial charge is 0.270 e. The van der Waals surface area contributed by atoms with E-state index < -0.39 is 11.8 Å². The maximum Gasteiger partial charge on any atom is 0.270 e. The van der Waals surface area contributed by atoms with Crippen LogP contribution < -0.4 is 24.4 Å². The summed E-state index contributed by atoms with van der Waals surface area (Å²) in [6.45, 7) is 0. The van der Waals surface area contributed by atoms with Gasteiger partial charge in [-0.2, -0.15) is 0 Å². The average molecular weight is 398 g/mol. The monoisotopic (exact) mass is 398 g/mol. The van der Waals surface area contributed by atoms with Gasteiger partial charge in [0.1, 0.15) is 5.57 Å². The molecule has 1 heterocycles. The van der Waals surface area contributed by atoms with E-state index in [1.165, 1.54) is 32.3 Å². The number of amides is 2. The van der Waals surface area contributed by atoms with E-state index in [0.717, 1.165) is 0 Å². The van der Waals surface area contributed by atoms with Gasteiger partial charge < -0.3 is 14.2 Å². The van der Waals surface area contributed by atoms with Crippen molar-refractivity contribution in [3.8, 4) is 17.2 Å². The number of carbonyl (C=O) groups is 2. The van der Waals surface area contributed by atoms with Crippen LogP contribution in [0.4, 0.5) is 5.69 Å². The first-order valence-corrected chi connectivity index (χ1v) is 8.68. The first-order chi connectivity index (χ1) is 13.5. The van der Waals surface area contributed by atoms with Gasteiger partial charge in [-0.3, -0.25) is 19.8 Å². The predicted octanol–water partition coefficient (Wildman–Crippen LogP) is 2.54. The lowest BCUT2D eigenvalue weighted by Gasteiger charge is -2.29. The first kappa shape index (κ1) is 19.4. The van der Waals surface area contributed by atoms with Crippen molar-refractivity contribution in [2.24, 2.45) is 0 Å². The molecule has 0 saturated carbocycles. The molecule has 1 aliphatic heterocycles. The number of carbonyl (C=O) groups excluding carboxylic acids is 2. The van der Waals surface area contributed by atoms with Crippen molar-refractivity contribution in [1.29, 1.82) is 0 Å². The van der Waals surface area contributed by atoms with Gasteiger partial charge in [0.05, 0.1) is 27.0 Å². The van der Waals surface area contributed by atoms with E-state index in [0.29, 0.717) is 28.5 Å². The number of hydrogen-bond acceptors (Lipinski definition) is 6. The normalized spacial score (nSPS) is 15.5. The zero-order valence-electron chi connectivity index (χ0n) is 15.5. The summed E-state index contributed by atoms with van der Waals surface area (Å²) in [4.78, 5) is 26.8. The molecule has 0 unspecified atom stereocenters. The van der Waals surface area contributed by atoms with Gasteiger partial charge in [-0.25, -0.2) is 0 Å². The molecule has 8 heteroatoms. The Morgan fingerprint density at radius 1 is 0.929 bits per heavy atom. The van der Waals surface area contributed by atoms with Gasteiger partial charge in [0.25, 0.3) is 11.8 Å². The molecule has 2 amide bonds. The fourth-order valence-electron chi connectivity index (χ4n) is 2.86. The summed E-state index contributed by atoms with van der Waals surface area (Å²) in [5.74, 6) is 0.0524. The lowest BCUT2D eigenvalue weighted by atomic mass is 10.1. The van der Waals surface area contributed by atoms with Crippen LogP contribution in [-0.2, 0) is 9.59 Å². The zero-order valence-corrected chi connectivity index (χ0v) is 16.3. The van der Waals surface area contributed by atoms with Crippen molar-refractivity contribution in [3.05, 3.63) is 53.6 Å². The van der Waals surface area contributed by atoms with Crippen LogP contribution >= 0.6 is 12.2 Å². The number of thiocarbonyl (C=S) groups is 1. The van der Waals surface area contributed by atoms with E-state index in [1.807, 2.05) is 6.07 Å². The van der Waals surface area contributed by atoms with Gasteiger partial charge >= 0.3 is 0 Å². The molecule has 3 rings (SSSR count). The first-order valence-electron chi connectivity index (χ1n) is 8.27. The molecule has 1 aliphatic rings. The van der Waals surface area contributed by atoms with E-state index in [1.54, 1.807) is 36.4 Å². The highest BCUT2D eigenvalue weighted by Gasteiger charge is 2.34. The van der Waals surface area contributed by atoms with Crippen molar-refractivity contribution in [1.82, 2.24) is 5.32 Å². The predicted molar refractivity (Wildman–Crippen MR) is 109 cm³/mol. The van der Waals surface area contributed by atoms with Gasteiger partial charge in [-0.1, -0.05) is 18.2 Å². The van der Waals surface area contributed by atoms with Gasteiger partial charge in [0, 0.05) is 5.56 Å². The molecule has 28 heavy (non-hydrogen) atoms. The van der Waals surface area contributed by atoms with Gasteiger partial charge in [-0.15, -0.1) is 0 Å². The second-order valence-electron chi connectivity index (χ2n) is 5.72. The molecule has 0 aliphatic carbocycles. The van der Waals surface area contributed by atoms with E-state index >= 15 is 0 Å². The van der Waals surface area contributed by atoms with E-state index in [9.17, 15) is 9.59 Å². The number of nitrogens with one attached hydrogen (secondary N) is 1. The Labute approximate surface area is 167 Å². The molecule has 144 valence electrons. The van der Waals surface area contributed by atoms with Crippen LogP contribution in [0.1, 0.15) is 5.56 Å². The molecular weight excluding hydrogens is 380 g/mol. The van der Waals surface area contributed by atoms with Crippen LogP contribution in [0.5, 0.6) is 17.2 Å². The molecule has 2 aromatic carbocycles. The summed E-state index contributed by atoms with van der Waals surface area (Å²) in [5.41, 5.74) is 0.963. The second kappa shape index (κ2) is 8.10. The molecule has 1 saturated heterocycles. The largest absolute Gasteiger partial charge is 0.493 e. The number of para-hydroxylation sites is 1. The van der Waals surface area contributed by atoms with E-state index in [4.69, 9.17) is 26.4 Å². The Morgan fingerprint density at radius 2 is 1.61 bits per heavy atom. The van der Waals surface area contributed by atoms with Crippen molar-refractivity contribution in [3.63, 3.8) is 0 Å². The number of benzene rings is 2. The SMILES string of the molecule is COc1ccc(/C=C2/C(=O)NC(=S)N(c3ccccc3)C2=O)c(OC)c1OC. The summed E-state index contributed by atoms with van der Waals surface area (Å²) in [6, 6.07) is 12.2. The Bertz CT molecular complexity index is 972. The molecule has 2 aromatic rings. The minimum absolute atomic E-state index is 0.0256. The zero-order chi connectivity index (χ0) is 20.3. The third-order valence-electron chi connectivity index (χ3n) is 4.15. The fourth-order valence-corrected chi connectivity index (χ4v) is 3.14. The molecule has 1 fully saturated rings. The summed E-state index contributed by atoms with van der Waals surface area (Å²) in [5, 5.41) is 2.58. The Hall–Kier alpha value is -3.39. The third kappa shape index (κ3) is 3.41. The number of anilines is 1. The number of rotatable bonds is 5. The molecule has 1 N–H and O–H groups in total.